The Kier molecular flexibility index (Phi) is 9.87. The summed E-state index contributed by atoms with van der Waals surface area (Å²) in [6, 6.07) is 24.6. The van der Waals surface area contributed by atoms with Crippen LogP contribution in [-0.4, -0.2) is 44.7 Å². The van der Waals surface area contributed by atoms with Crippen molar-refractivity contribution in [1.29, 1.82) is 0 Å². The highest BCUT2D eigenvalue weighted by atomic mass is 79.9. The Morgan fingerprint density at radius 3 is 2.20 bits per heavy atom. The Hall–Kier alpha value is -4.34. The molecule has 1 aliphatic heterocycles. The third kappa shape index (κ3) is 6.59. The minimum absolute atomic E-state index is 0.00467. The van der Waals surface area contributed by atoms with E-state index in [-0.39, 0.29) is 11.3 Å². The minimum atomic E-state index is -1.12. The summed E-state index contributed by atoms with van der Waals surface area (Å²) in [7, 11) is 3.06. The van der Waals surface area contributed by atoms with Crippen LogP contribution >= 0.6 is 15.9 Å². The lowest BCUT2D eigenvalue weighted by molar-refractivity contribution is -0.109. The van der Waals surface area contributed by atoms with Crippen molar-refractivity contribution in [3.8, 4) is 22.6 Å². The predicted octanol–water partition coefficient (Wildman–Crippen LogP) is 7.71. The van der Waals surface area contributed by atoms with Crippen molar-refractivity contribution in [3.63, 3.8) is 0 Å². The van der Waals surface area contributed by atoms with Crippen molar-refractivity contribution in [3.05, 3.63) is 100 Å². The second-order valence-electron chi connectivity index (χ2n) is 10.7. The molecule has 0 saturated carbocycles. The van der Waals surface area contributed by atoms with Gasteiger partial charge in [-0.2, -0.15) is 0 Å². The molecule has 0 bridgehead atoms. The number of ether oxygens (including phenoxy) is 2. The molecular formula is C35H36BrN3O5. The van der Waals surface area contributed by atoms with Gasteiger partial charge in [0, 0.05) is 17.6 Å². The van der Waals surface area contributed by atoms with Crippen LogP contribution in [0, 0.1) is 6.92 Å². The summed E-state index contributed by atoms with van der Waals surface area (Å²) in [5, 5.41) is 11.6. The smallest absolute Gasteiger partial charge is 0.339 e. The molecule has 44 heavy (non-hydrogen) atoms. The Labute approximate surface area is 266 Å². The number of rotatable bonds is 11. The van der Waals surface area contributed by atoms with Crippen LogP contribution in [0.3, 0.4) is 0 Å². The molecule has 0 spiro atoms. The van der Waals surface area contributed by atoms with Crippen molar-refractivity contribution >= 4 is 45.2 Å². The van der Waals surface area contributed by atoms with E-state index in [2.05, 4.69) is 63.5 Å². The first-order valence-corrected chi connectivity index (χ1v) is 15.3. The summed E-state index contributed by atoms with van der Waals surface area (Å²) in [5.74, 6) is -0.149. The normalized spacial score (nSPS) is 13.7. The number of hydrazine groups is 1. The van der Waals surface area contributed by atoms with Crippen molar-refractivity contribution in [2.24, 2.45) is 0 Å². The van der Waals surface area contributed by atoms with Gasteiger partial charge in [0.05, 0.1) is 31.3 Å². The molecule has 9 heteroatoms. The van der Waals surface area contributed by atoms with E-state index in [1.165, 1.54) is 19.6 Å². The van der Waals surface area contributed by atoms with Gasteiger partial charge < -0.3 is 24.3 Å². The average Bonchev–Trinajstić information content (AvgIpc) is 3.06. The zero-order valence-corrected chi connectivity index (χ0v) is 26.6. The number of nitrogens with one attached hydrogen (secondary N) is 1. The van der Waals surface area contributed by atoms with Crippen molar-refractivity contribution in [2.75, 3.05) is 37.2 Å². The lowest BCUT2D eigenvalue weighted by Gasteiger charge is -2.37. The lowest BCUT2D eigenvalue weighted by Crippen LogP contribution is -2.40. The van der Waals surface area contributed by atoms with E-state index >= 15 is 0 Å². The highest BCUT2D eigenvalue weighted by molar-refractivity contribution is 9.10. The third-order valence-electron chi connectivity index (χ3n) is 7.97. The van der Waals surface area contributed by atoms with E-state index in [0.717, 1.165) is 71.7 Å². The summed E-state index contributed by atoms with van der Waals surface area (Å²) in [5.41, 5.74) is 10.0. The van der Waals surface area contributed by atoms with Crippen LogP contribution in [0.2, 0.25) is 0 Å². The number of anilines is 3. The van der Waals surface area contributed by atoms with Gasteiger partial charge in [-0.25, -0.2) is 10.2 Å². The first-order valence-electron chi connectivity index (χ1n) is 14.6. The molecular weight excluding hydrogens is 622 g/mol. The number of methoxy groups -OCH3 is 2. The maximum atomic E-state index is 12.7. The number of benzene rings is 4. The monoisotopic (exact) mass is 657 g/mol. The van der Waals surface area contributed by atoms with Gasteiger partial charge in [0.25, 0.3) is 0 Å². The summed E-state index contributed by atoms with van der Waals surface area (Å²) >= 11 is 3.51. The summed E-state index contributed by atoms with van der Waals surface area (Å²) < 4.78 is 11.2. The number of carbonyl (C=O) groups excluding carboxylic acids is 1. The average molecular weight is 659 g/mol. The zero-order valence-electron chi connectivity index (χ0n) is 25.0. The number of carboxylic acid groups (broad SMARTS) is 1. The van der Waals surface area contributed by atoms with Crippen molar-refractivity contribution < 1.29 is 24.2 Å². The van der Waals surface area contributed by atoms with E-state index in [4.69, 9.17) is 9.47 Å². The molecule has 0 amide bonds. The second-order valence-corrected chi connectivity index (χ2v) is 11.6. The maximum absolute atomic E-state index is 12.7. The van der Waals surface area contributed by atoms with E-state index in [1.54, 1.807) is 13.2 Å². The lowest BCUT2D eigenvalue weighted by atomic mass is 10.0. The number of hydrogen-bond acceptors (Lipinski definition) is 7. The van der Waals surface area contributed by atoms with Crippen LogP contribution in [0.25, 0.3) is 11.1 Å². The highest BCUT2D eigenvalue weighted by Gasteiger charge is 2.26. The molecule has 1 atom stereocenters. The Bertz CT molecular complexity index is 1620. The Morgan fingerprint density at radius 2 is 1.61 bits per heavy atom. The largest absolute Gasteiger partial charge is 0.497 e. The number of para-hydroxylation sites is 1. The summed E-state index contributed by atoms with van der Waals surface area (Å²) in [4.78, 5) is 27.0. The van der Waals surface area contributed by atoms with Gasteiger partial charge in [0.15, 0.2) is 0 Å². The fourth-order valence-electron chi connectivity index (χ4n) is 5.63. The van der Waals surface area contributed by atoms with E-state index in [0.29, 0.717) is 10.0 Å². The number of aromatic carboxylic acids is 1. The van der Waals surface area contributed by atoms with Crippen LogP contribution < -0.4 is 24.8 Å². The molecule has 4 aromatic carbocycles. The second kappa shape index (κ2) is 14.0. The molecule has 1 aliphatic rings. The maximum Gasteiger partial charge on any atom is 0.339 e. The summed E-state index contributed by atoms with van der Waals surface area (Å²) in [6.45, 7) is 3.98. The van der Waals surface area contributed by atoms with Crippen LogP contribution in [0.1, 0.15) is 46.8 Å². The highest BCUT2D eigenvalue weighted by Crippen LogP contribution is 2.40. The molecule has 1 fully saturated rings. The number of aryl methyl sites for hydroxylation is 1. The Morgan fingerprint density at radius 1 is 0.955 bits per heavy atom. The van der Waals surface area contributed by atoms with Gasteiger partial charge in [-0.1, -0.05) is 52.3 Å². The quantitative estimate of drug-likeness (QED) is 0.125. The number of nitrogens with zero attached hydrogens (tertiary/aromatic N) is 2. The number of carbonyl (C=O) groups is 2. The SMILES string of the molecule is COc1ccc(-c2ccc(N(NC(C=O)c3cc(OC)c(C(=O)O)cc3Br)c3c(C)cccc3N3CCCCC3)cc2)cc1. The first-order chi connectivity index (χ1) is 21.3. The molecule has 0 radical (unpaired) electrons. The molecule has 0 aromatic heterocycles. The minimum Gasteiger partial charge on any atom is -0.497 e. The van der Waals surface area contributed by atoms with Gasteiger partial charge in [-0.05, 0) is 90.9 Å². The number of aldehydes is 1. The van der Waals surface area contributed by atoms with Gasteiger partial charge in [-0.15, -0.1) is 0 Å². The number of hydrogen-bond donors (Lipinski definition) is 2. The van der Waals surface area contributed by atoms with Gasteiger partial charge in [0.1, 0.15) is 29.4 Å². The molecule has 1 heterocycles. The van der Waals surface area contributed by atoms with Gasteiger partial charge in [-0.3, -0.25) is 5.01 Å². The zero-order chi connectivity index (χ0) is 31.2. The van der Waals surface area contributed by atoms with Crippen LogP contribution in [0.5, 0.6) is 11.5 Å². The van der Waals surface area contributed by atoms with E-state index < -0.39 is 12.0 Å². The molecule has 5 rings (SSSR count). The van der Waals surface area contributed by atoms with Crippen LogP contribution in [0.15, 0.2) is 83.3 Å². The summed E-state index contributed by atoms with van der Waals surface area (Å²) in [6.07, 6.45) is 4.27. The third-order valence-corrected chi connectivity index (χ3v) is 8.66. The number of piperidine rings is 1. The Balaban J connectivity index is 1.60. The topological polar surface area (TPSA) is 91.3 Å². The predicted molar refractivity (Wildman–Crippen MR) is 177 cm³/mol. The van der Waals surface area contributed by atoms with Crippen LogP contribution in [0.4, 0.5) is 17.1 Å². The molecule has 228 valence electrons. The van der Waals surface area contributed by atoms with Crippen molar-refractivity contribution in [1.82, 2.24) is 5.43 Å². The molecule has 4 aromatic rings. The van der Waals surface area contributed by atoms with Gasteiger partial charge >= 0.3 is 5.97 Å². The molecule has 1 saturated heterocycles. The first kappa shape index (κ1) is 31.1. The number of halogens is 1. The molecule has 2 N–H and O–H groups in total. The van der Waals surface area contributed by atoms with Crippen LogP contribution in [-0.2, 0) is 4.79 Å². The van der Waals surface area contributed by atoms with E-state index in [1.807, 2.05) is 41.4 Å². The van der Waals surface area contributed by atoms with Crippen molar-refractivity contribution in [2.45, 2.75) is 32.2 Å². The molecule has 0 aliphatic carbocycles. The van der Waals surface area contributed by atoms with Gasteiger partial charge in [0.2, 0.25) is 0 Å². The standard InChI is InChI=1S/C35H36BrN3O5/c1-23-8-7-9-32(38-18-5-4-6-19-38)34(23)39(26-14-10-24(11-15-26)25-12-16-27(43-2)17-13-25)37-31(22-40)28-21-33(44-3)29(35(41)42)20-30(28)36/h7-17,20-22,31,37H,4-6,18-19H2,1-3H3,(H,41,42). The fraction of sp³-hybridized carbons (Fsp3) is 0.257. The molecule has 8 nitrogen and oxygen atoms in total. The fourth-order valence-corrected chi connectivity index (χ4v) is 6.22. The van der Waals surface area contributed by atoms with E-state index in [9.17, 15) is 14.7 Å². The number of carboxylic acids is 1. The molecule has 1 unspecified atom stereocenters.